The molecular weight excluding hydrogens is 672 g/mol. The SMILES string of the molecule is CCOC(=O)CCc1c(C(c2ccccc2)c2[nH]c(C(=O)OCc3ccccc3)c(C)c2CCC(=O)OCC)[nH]c(C(=O)OCc2ccccc2)c1C. The van der Waals surface area contributed by atoms with Gasteiger partial charge < -0.3 is 28.9 Å². The molecule has 0 unspecified atom stereocenters. The third-order valence-electron chi connectivity index (χ3n) is 9.14. The zero-order chi connectivity index (χ0) is 37.7. The predicted molar refractivity (Wildman–Crippen MR) is 199 cm³/mol. The van der Waals surface area contributed by atoms with Crippen molar-refractivity contribution in [1.29, 1.82) is 0 Å². The van der Waals surface area contributed by atoms with Crippen LogP contribution in [-0.4, -0.2) is 47.1 Å². The summed E-state index contributed by atoms with van der Waals surface area (Å²) in [6.07, 6.45) is 0.706. The molecule has 0 radical (unpaired) electrons. The Bertz CT molecular complexity index is 1870. The summed E-state index contributed by atoms with van der Waals surface area (Å²) in [5.74, 6) is -2.40. The van der Waals surface area contributed by atoms with Gasteiger partial charge in [0.25, 0.3) is 0 Å². The van der Waals surface area contributed by atoms with E-state index in [9.17, 15) is 19.2 Å². The van der Waals surface area contributed by atoms with Crippen LogP contribution in [-0.2, 0) is 54.6 Å². The Morgan fingerprint density at radius 1 is 0.547 bits per heavy atom. The molecule has 0 atom stereocenters. The molecule has 5 rings (SSSR count). The molecule has 10 heteroatoms. The van der Waals surface area contributed by atoms with E-state index in [2.05, 4.69) is 9.97 Å². The molecule has 0 spiro atoms. The smallest absolute Gasteiger partial charge is 0.355 e. The van der Waals surface area contributed by atoms with Gasteiger partial charge in [-0.25, -0.2) is 9.59 Å². The third-order valence-corrected chi connectivity index (χ3v) is 9.14. The molecule has 0 aliphatic heterocycles. The number of hydrogen-bond acceptors (Lipinski definition) is 8. The van der Waals surface area contributed by atoms with E-state index in [0.717, 1.165) is 27.8 Å². The van der Waals surface area contributed by atoms with Crippen molar-refractivity contribution in [2.75, 3.05) is 13.2 Å². The Labute approximate surface area is 309 Å². The van der Waals surface area contributed by atoms with Crippen LogP contribution in [0.4, 0.5) is 0 Å². The number of carbonyl (C=O) groups excluding carboxylic acids is 4. The average Bonchev–Trinajstić information content (AvgIpc) is 3.67. The third kappa shape index (κ3) is 9.71. The highest BCUT2D eigenvalue weighted by Crippen LogP contribution is 2.39. The van der Waals surface area contributed by atoms with Gasteiger partial charge in [-0.1, -0.05) is 91.0 Å². The molecule has 0 aliphatic carbocycles. The number of aromatic amines is 2. The number of nitrogens with one attached hydrogen (secondary N) is 2. The average molecular weight is 719 g/mol. The summed E-state index contributed by atoms with van der Waals surface area (Å²) in [6, 6.07) is 28.5. The summed E-state index contributed by atoms with van der Waals surface area (Å²) in [5.41, 5.74) is 7.11. The van der Waals surface area contributed by atoms with Crippen molar-refractivity contribution in [2.45, 2.75) is 72.5 Å². The minimum absolute atomic E-state index is 0.0794. The van der Waals surface area contributed by atoms with Gasteiger partial charge in [0.1, 0.15) is 24.6 Å². The van der Waals surface area contributed by atoms with E-state index in [-0.39, 0.29) is 75.4 Å². The molecule has 2 N–H and O–H groups in total. The summed E-state index contributed by atoms with van der Waals surface area (Å²) in [6.45, 7) is 7.82. The molecule has 10 nitrogen and oxygen atoms in total. The van der Waals surface area contributed by atoms with E-state index in [1.807, 2.05) is 105 Å². The zero-order valence-corrected chi connectivity index (χ0v) is 30.7. The van der Waals surface area contributed by atoms with Gasteiger partial charge in [-0.3, -0.25) is 9.59 Å². The number of benzene rings is 3. The summed E-state index contributed by atoms with van der Waals surface area (Å²) in [7, 11) is 0. The normalized spacial score (nSPS) is 11.0. The second-order valence-corrected chi connectivity index (χ2v) is 12.6. The van der Waals surface area contributed by atoms with Crippen molar-refractivity contribution in [3.63, 3.8) is 0 Å². The van der Waals surface area contributed by atoms with E-state index < -0.39 is 17.9 Å². The van der Waals surface area contributed by atoms with Crippen LogP contribution >= 0.6 is 0 Å². The Morgan fingerprint density at radius 3 is 1.30 bits per heavy atom. The van der Waals surface area contributed by atoms with Crippen molar-refractivity contribution in [1.82, 2.24) is 9.97 Å². The van der Waals surface area contributed by atoms with Crippen LogP contribution in [0, 0.1) is 13.8 Å². The lowest BCUT2D eigenvalue weighted by atomic mass is 9.85. The highest BCUT2D eigenvalue weighted by Gasteiger charge is 2.33. The van der Waals surface area contributed by atoms with Gasteiger partial charge in [0, 0.05) is 24.2 Å². The number of hydrogen-bond donors (Lipinski definition) is 2. The number of aromatic nitrogens is 2. The number of ether oxygens (including phenoxy) is 4. The Balaban J connectivity index is 1.63. The summed E-state index contributed by atoms with van der Waals surface area (Å²) < 4.78 is 22.1. The minimum atomic E-state index is -0.589. The van der Waals surface area contributed by atoms with Crippen LogP contribution in [0.5, 0.6) is 0 Å². The minimum Gasteiger partial charge on any atom is -0.466 e. The van der Waals surface area contributed by atoms with Gasteiger partial charge in [-0.2, -0.15) is 0 Å². The molecule has 3 aromatic carbocycles. The molecule has 5 aromatic rings. The molecule has 0 bridgehead atoms. The predicted octanol–water partition coefficient (Wildman–Crippen LogP) is 7.85. The number of carbonyl (C=O) groups is 4. The highest BCUT2D eigenvalue weighted by molar-refractivity contribution is 5.91. The molecule has 0 amide bonds. The summed E-state index contributed by atoms with van der Waals surface area (Å²) in [4.78, 5) is 59.6. The summed E-state index contributed by atoms with van der Waals surface area (Å²) in [5, 5.41) is 0. The lowest BCUT2D eigenvalue weighted by Gasteiger charge is -2.20. The van der Waals surface area contributed by atoms with Gasteiger partial charge in [0.05, 0.1) is 19.1 Å². The first-order chi connectivity index (χ1) is 25.7. The maximum absolute atomic E-state index is 13.7. The number of esters is 4. The van der Waals surface area contributed by atoms with Crippen LogP contribution in [0.3, 0.4) is 0 Å². The fraction of sp³-hybridized carbons (Fsp3) is 0.302. The van der Waals surface area contributed by atoms with E-state index >= 15 is 0 Å². The van der Waals surface area contributed by atoms with Crippen molar-refractivity contribution in [2.24, 2.45) is 0 Å². The molecule has 0 fully saturated rings. The van der Waals surface area contributed by atoms with Crippen molar-refractivity contribution in [3.8, 4) is 0 Å². The first kappa shape index (κ1) is 38.3. The molecular formula is C43H46N2O8. The van der Waals surface area contributed by atoms with Crippen LogP contribution in [0.25, 0.3) is 0 Å². The molecule has 0 saturated carbocycles. The Hall–Kier alpha value is -5.90. The van der Waals surface area contributed by atoms with Crippen molar-refractivity contribution < 1.29 is 38.1 Å². The Kier molecular flexibility index (Phi) is 13.4. The highest BCUT2D eigenvalue weighted by atomic mass is 16.5. The van der Waals surface area contributed by atoms with Gasteiger partial charge in [-0.05, 0) is 79.5 Å². The molecule has 0 aliphatic rings. The number of rotatable bonds is 17. The second-order valence-electron chi connectivity index (χ2n) is 12.6. The lowest BCUT2D eigenvalue weighted by Crippen LogP contribution is -2.13. The van der Waals surface area contributed by atoms with E-state index in [1.165, 1.54) is 0 Å². The van der Waals surface area contributed by atoms with Crippen LogP contribution in [0.15, 0.2) is 91.0 Å². The molecule has 0 saturated heterocycles. The summed E-state index contributed by atoms with van der Waals surface area (Å²) >= 11 is 0. The quantitative estimate of drug-likeness (QED) is 0.0733. The van der Waals surface area contributed by atoms with Crippen molar-refractivity contribution in [3.05, 3.63) is 153 Å². The fourth-order valence-electron chi connectivity index (χ4n) is 6.49. The number of H-pyrrole nitrogens is 2. The van der Waals surface area contributed by atoms with Gasteiger partial charge in [0.2, 0.25) is 0 Å². The Morgan fingerprint density at radius 2 is 0.925 bits per heavy atom. The molecule has 2 aromatic heterocycles. The second kappa shape index (κ2) is 18.5. The van der Waals surface area contributed by atoms with Crippen LogP contribution < -0.4 is 0 Å². The molecule has 276 valence electrons. The first-order valence-electron chi connectivity index (χ1n) is 17.9. The standard InChI is InChI=1S/C43H46N2O8/c1-5-50-35(46)24-22-33-28(3)38(42(48)52-26-30-16-10-7-11-17-30)44-40(33)37(32-20-14-9-15-21-32)41-34(23-25-36(47)51-6-2)29(4)39(45-41)43(49)53-27-31-18-12-8-13-19-31/h7-21,37,44-45H,5-6,22-27H2,1-4H3. The van der Waals surface area contributed by atoms with Gasteiger partial charge >= 0.3 is 23.9 Å². The van der Waals surface area contributed by atoms with Crippen LogP contribution in [0.1, 0.15) is 104 Å². The maximum atomic E-state index is 13.7. The largest absolute Gasteiger partial charge is 0.466 e. The molecule has 53 heavy (non-hydrogen) atoms. The monoisotopic (exact) mass is 718 g/mol. The fourth-order valence-corrected chi connectivity index (χ4v) is 6.49. The van der Waals surface area contributed by atoms with Crippen molar-refractivity contribution >= 4 is 23.9 Å². The molecule has 2 heterocycles. The van der Waals surface area contributed by atoms with E-state index in [1.54, 1.807) is 13.8 Å². The maximum Gasteiger partial charge on any atom is 0.355 e. The first-order valence-corrected chi connectivity index (χ1v) is 17.9. The lowest BCUT2D eigenvalue weighted by molar-refractivity contribution is -0.144. The topological polar surface area (TPSA) is 137 Å². The van der Waals surface area contributed by atoms with Crippen LogP contribution in [0.2, 0.25) is 0 Å². The van der Waals surface area contributed by atoms with E-state index in [4.69, 9.17) is 18.9 Å². The van der Waals surface area contributed by atoms with Gasteiger partial charge in [0.15, 0.2) is 0 Å². The van der Waals surface area contributed by atoms with Gasteiger partial charge in [-0.15, -0.1) is 0 Å². The zero-order valence-electron chi connectivity index (χ0n) is 30.7. The van der Waals surface area contributed by atoms with E-state index in [0.29, 0.717) is 22.5 Å².